The zero-order valence-corrected chi connectivity index (χ0v) is 9.87. The van der Waals surface area contributed by atoms with E-state index >= 15 is 0 Å². The van der Waals surface area contributed by atoms with Crippen molar-refractivity contribution in [1.29, 1.82) is 0 Å². The number of hydrogen-bond donors (Lipinski definition) is 0. The Morgan fingerprint density at radius 2 is 2.41 bits per heavy atom. The van der Waals surface area contributed by atoms with Crippen molar-refractivity contribution < 1.29 is 18.7 Å². The van der Waals surface area contributed by atoms with Gasteiger partial charge in [0.05, 0.1) is 11.6 Å². The minimum absolute atomic E-state index is 0.0681. The molecule has 1 fully saturated rings. The highest BCUT2D eigenvalue weighted by Gasteiger charge is 2.24. The number of hydrogen-bond acceptors (Lipinski definition) is 3. The quantitative estimate of drug-likeness (QED) is 0.832. The van der Waals surface area contributed by atoms with E-state index in [9.17, 15) is 9.18 Å². The summed E-state index contributed by atoms with van der Waals surface area (Å²) in [7, 11) is 0. The summed E-state index contributed by atoms with van der Waals surface area (Å²) in [6, 6.07) is 4.24. The van der Waals surface area contributed by atoms with Crippen LogP contribution in [0.15, 0.2) is 18.2 Å². The molecule has 1 heterocycles. The summed E-state index contributed by atoms with van der Waals surface area (Å²) in [5, 5.41) is 0.167. The summed E-state index contributed by atoms with van der Waals surface area (Å²) < 4.78 is 23.6. The lowest BCUT2D eigenvalue weighted by molar-refractivity contribution is -0.124. The average Bonchev–Trinajstić information content (AvgIpc) is 2.81. The number of carbonyl (C=O) groups excluding carboxylic acids is 1. The summed E-state index contributed by atoms with van der Waals surface area (Å²) in [6.45, 7) is 0.846. The van der Waals surface area contributed by atoms with Crippen molar-refractivity contribution in [3.05, 3.63) is 29.0 Å². The van der Waals surface area contributed by atoms with Gasteiger partial charge in [-0.1, -0.05) is 17.7 Å². The molecule has 5 heteroatoms. The fourth-order valence-electron chi connectivity index (χ4n) is 1.67. The number of ether oxygens (including phenoxy) is 2. The van der Waals surface area contributed by atoms with Gasteiger partial charge in [-0.25, -0.2) is 4.39 Å². The van der Waals surface area contributed by atoms with E-state index in [0.29, 0.717) is 19.6 Å². The lowest BCUT2D eigenvalue weighted by Crippen LogP contribution is -2.22. The van der Waals surface area contributed by atoms with E-state index in [1.165, 1.54) is 18.2 Å². The van der Waals surface area contributed by atoms with Crippen molar-refractivity contribution in [2.24, 2.45) is 5.92 Å². The Morgan fingerprint density at radius 1 is 1.59 bits per heavy atom. The number of carbonyl (C=O) groups is 1. The average molecular weight is 259 g/mol. The molecule has 0 aliphatic carbocycles. The Kier molecular flexibility index (Phi) is 3.97. The number of benzene rings is 1. The molecule has 1 aromatic carbocycles. The molecule has 2 rings (SSSR count). The summed E-state index contributed by atoms with van der Waals surface area (Å²) in [5.41, 5.74) is 0. The zero-order chi connectivity index (χ0) is 12.3. The van der Waals surface area contributed by atoms with Gasteiger partial charge in [0.25, 0.3) is 0 Å². The van der Waals surface area contributed by atoms with Crippen LogP contribution in [-0.4, -0.2) is 25.6 Å². The zero-order valence-electron chi connectivity index (χ0n) is 9.12. The van der Waals surface area contributed by atoms with Crippen LogP contribution < -0.4 is 4.74 Å². The van der Waals surface area contributed by atoms with Crippen LogP contribution in [0.4, 0.5) is 4.39 Å². The first-order chi connectivity index (χ1) is 8.18. The predicted octanol–water partition coefficient (Wildman–Crippen LogP) is 2.46. The van der Waals surface area contributed by atoms with Gasteiger partial charge in [-0.3, -0.25) is 4.79 Å². The molecular weight excluding hydrogens is 247 g/mol. The molecule has 0 aromatic heterocycles. The van der Waals surface area contributed by atoms with E-state index in [-0.39, 0.29) is 29.1 Å². The topological polar surface area (TPSA) is 35.5 Å². The second-order valence-electron chi connectivity index (χ2n) is 3.87. The van der Waals surface area contributed by atoms with Gasteiger partial charge in [0.1, 0.15) is 6.61 Å². The molecule has 0 saturated carbocycles. The third-order valence-electron chi connectivity index (χ3n) is 2.66. The van der Waals surface area contributed by atoms with Gasteiger partial charge in [0.15, 0.2) is 17.3 Å². The molecule has 1 atom stereocenters. The molecule has 1 aliphatic heterocycles. The van der Waals surface area contributed by atoms with E-state index in [1.807, 2.05) is 0 Å². The van der Waals surface area contributed by atoms with E-state index in [4.69, 9.17) is 21.1 Å². The molecule has 92 valence electrons. The highest BCUT2D eigenvalue weighted by atomic mass is 35.5. The highest BCUT2D eigenvalue weighted by molar-refractivity contribution is 6.32. The van der Waals surface area contributed by atoms with Gasteiger partial charge in [-0.15, -0.1) is 0 Å². The highest BCUT2D eigenvalue weighted by Crippen LogP contribution is 2.27. The van der Waals surface area contributed by atoms with E-state index in [1.54, 1.807) is 0 Å². The fraction of sp³-hybridized carbons (Fsp3) is 0.417. The molecule has 0 N–H and O–H groups in total. The third kappa shape index (κ3) is 2.96. The maximum absolute atomic E-state index is 13.3. The van der Waals surface area contributed by atoms with Crippen LogP contribution in [0.25, 0.3) is 0 Å². The standard InChI is InChI=1S/C12H12ClFO3/c13-9-2-1-3-10(14)12(9)17-7-11(15)8-4-5-16-6-8/h1-3,8H,4-7H2. The Bertz CT molecular complexity index is 396. The van der Waals surface area contributed by atoms with Gasteiger partial charge in [-0.05, 0) is 18.6 Å². The van der Waals surface area contributed by atoms with Crippen LogP contribution in [0.3, 0.4) is 0 Å². The number of rotatable bonds is 4. The molecule has 0 radical (unpaired) electrons. The van der Waals surface area contributed by atoms with Crippen molar-refractivity contribution in [2.75, 3.05) is 19.8 Å². The molecule has 1 aliphatic rings. The van der Waals surface area contributed by atoms with Crippen LogP contribution in [0, 0.1) is 11.7 Å². The Hall–Kier alpha value is -1.13. The fourth-order valence-corrected chi connectivity index (χ4v) is 1.89. The van der Waals surface area contributed by atoms with Gasteiger partial charge in [-0.2, -0.15) is 0 Å². The maximum atomic E-state index is 13.3. The van der Waals surface area contributed by atoms with Crippen molar-refractivity contribution in [3.63, 3.8) is 0 Å². The van der Waals surface area contributed by atoms with Crippen molar-refractivity contribution in [3.8, 4) is 5.75 Å². The van der Waals surface area contributed by atoms with Crippen LogP contribution in [-0.2, 0) is 9.53 Å². The summed E-state index contributed by atoms with van der Waals surface area (Å²) in [5.74, 6) is -0.850. The van der Waals surface area contributed by atoms with Gasteiger partial charge >= 0.3 is 0 Å². The third-order valence-corrected chi connectivity index (χ3v) is 2.96. The second-order valence-corrected chi connectivity index (χ2v) is 4.27. The number of ketones is 1. The van der Waals surface area contributed by atoms with Crippen LogP contribution in [0.2, 0.25) is 5.02 Å². The minimum atomic E-state index is -0.562. The lowest BCUT2D eigenvalue weighted by Gasteiger charge is -2.10. The molecule has 1 aromatic rings. The monoisotopic (exact) mass is 258 g/mol. The molecule has 0 spiro atoms. The SMILES string of the molecule is O=C(COc1c(F)cccc1Cl)C1CCOC1. The Morgan fingerprint density at radius 3 is 3.06 bits per heavy atom. The van der Waals surface area contributed by atoms with Crippen LogP contribution in [0.1, 0.15) is 6.42 Å². The first-order valence-electron chi connectivity index (χ1n) is 5.35. The summed E-state index contributed by atoms with van der Waals surface area (Å²) in [4.78, 5) is 11.7. The van der Waals surface area contributed by atoms with Crippen LogP contribution in [0.5, 0.6) is 5.75 Å². The first kappa shape index (κ1) is 12.3. The van der Waals surface area contributed by atoms with Gasteiger partial charge in [0.2, 0.25) is 0 Å². The molecule has 17 heavy (non-hydrogen) atoms. The van der Waals surface area contributed by atoms with Crippen molar-refractivity contribution in [2.45, 2.75) is 6.42 Å². The second kappa shape index (κ2) is 5.47. The predicted molar refractivity (Wildman–Crippen MR) is 60.8 cm³/mol. The smallest absolute Gasteiger partial charge is 0.175 e. The maximum Gasteiger partial charge on any atom is 0.175 e. The normalized spacial score (nSPS) is 19.3. The molecule has 3 nitrogen and oxygen atoms in total. The lowest BCUT2D eigenvalue weighted by atomic mass is 10.0. The van der Waals surface area contributed by atoms with Gasteiger partial charge < -0.3 is 9.47 Å². The summed E-state index contributed by atoms with van der Waals surface area (Å²) >= 11 is 5.77. The van der Waals surface area contributed by atoms with E-state index in [0.717, 1.165) is 0 Å². The largest absolute Gasteiger partial charge is 0.481 e. The number of Topliss-reactive ketones (excluding diaryl/α,β-unsaturated/α-hetero) is 1. The summed E-state index contributed by atoms with van der Waals surface area (Å²) in [6.07, 6.45) is 0.702. The van der Waals surface area contributed by atoms with Crippen molar-refractivity contribution in [1.82, 2.24) is 0 Å². The molecule has 1 unspecified atom stereocenters. The van der Waals surface area contributed by atoms with E-state index in [2.05, 4.69) is 0 Å². The van der Waals surface area contributed by atoms with Crippen LogP contribution >= 0.6 is 11.6 Å². The Labute approximate surface area is 103 Å². The molecule has 0 bridgehead atoms. The van der Waals surface area contributed by atoms with Gasteiger partial charge in [0, 0.05) is 12.5 Å². The molecule has 0 amide bonds. The minimum Gasteiger partial charge on any atom is -0.481 e. The molecular formula is C12H12ClFO3. The van der Waals surface area contributed by atoms with Crippen molar-refractivity contribution >= 4 is 17.4 Å². The Balaban J connectivity index is 1.95. The molecule has 1 saturated heterocycles. The van der Waals surface area contributed by atoms with E-state index < -0.39 is 5.82 Å². The number of para-hydroxylation sites is 1. The first-order valence-corrected chi connectivity index (χ1v) is 5.73. The number of halogens is 2.